The van der Waals surface area contributed by atoms with E-state index in [4.69, 9.17) is 14.6 Å². The van der Waals surface area contributed by atoms with Crippen molar-refractivity contribution in [2.24, 2.45) is 0 Å². The van der Waals surface area contributed by atoms with Gasteiger partial charge in [-0.25, -0.2) is 9.18 Å². The van der Waals surface area contributed by atoms with Crippen LogP contribution in [0, 0.1) is 5.82 Å². The average molecular weight is 389 g/mol. The third-order valence-electron chi connectivity index (χ3n) is 4.81. The van der Waals surface area contributed by atoms with E-state index >= 15 is 0 Å². The summed E-state index contributed by atoms with van der Waals surface area (Å²) in [6.07, 6.45) is -0.517. The maximum Gasteiger partial charge on any atom is 0.407 e. The molecule has 1 heterocycles. The molecule has 2 aromatic carbocycles. The Morgan fingerprint density at radius 1 is 1.11 bits per heavy atom. The molecule has 1 fully saturated rings. The van der Waals surface area contributed by atoms with Crippen molar-refractivity contribution in [3.05, 3.63) is 59.9 Å². The summed E-state index contributed by atoms with van der Waals surface area (Å²) < 4.78 is 24.5. The number of ether oxygens (including phenoxy) is 2. The van der Waals surface area contributed by atoms with Gasteiger partial charge in [-0.1, -0.05) is 24.3 Å². The molecule has 0 saturated carbocycles. The first-order valence-corrected chi connectivity index (χ1v) is 9.30. The summed E-state index contributed by atoms with van der Waals surface area (Å²) in [6.45, 7) is 1.33. The standard InChI is InChI=1S/C21H24FNO5/c22-18-4-1-2-5-20(18)28-13-3-12-27-16-8-6-15(7-9-16)17-10-11-23(21(25)26)14-19(17)24/h1-2,4-9,17,19,24H,3,10-14H2,(H,25,26). The fourth-order valence-electron chi connectivity index (χ4n) is 3.30. The quantitative estimate of drug-likeness (QED) is 0.709. The van der Waals surface area contributed by atoms with Crippen LogP contribution in [0.25, 0.3) is 0 Å². The lowest BCUT2D eigenvalue weighted by molar-refractivity contribution is 0.0504. The van der Waals surface area contributed by atoms with Crippen LogP contribution in [0.2, 0.25) is 0 Å². The maximum atomic E-state index is 13.4. The number of β-amino-alcohol motifs (C(OH)–C–C–N with tert-alkyl or cyclic N) is 1. The highest BCUT2D eigenvalue weighted by atomic mass is 19.1. The average Bonchev–Trinajstić information content (AvgIpc) is 2.69. The minimum atomic E-state index is -1.000. The van der Waals surface area contributed by atoms with Crippen molar-refractivity contribution < 1.29 is 28.9 Å². The Balaban J connectivity index is 1.42. The van der Waals surface area contributed by atoms with Crippen molar-refractivity contribution in [2.75, 3.05) is 26.3 Å². The molecule has 0 spiro atoms. The molecule has 0 radical (unpaired) electrons. The summed E-state index contributed by atoms with van der Waals surface area (Å²) in [5, 5.41) is 19.3. The number of para-hydroxylation sites is 1. The molecule has 2 atom stereocenters. The number of hydrogen-bond donors (Lipinski definition) is 2. The van der Waals surface area contributed by atoms with Crippen molar-refractivity contribution >= 4 is 6.09 Å². The van der Waals surface area contributed by atoms with Gasteiger partial charge in [-0.3, -0.25) is 0 Å². The fourth-order valence-corrected chi connectivity index (χ4v) is 3.30. The van der Waals surface area contributed by atoms with E-state index in [0.717, 1.165) is 5.56 Å². The number of hydrogen-bond acceptors (Lipinski definition) is 4. The summed E-state index contributed by atoms with van der Waals surface area (Å²) in [7, 11) is 0. The first-order chi connectivity index (χ1) is 13.5. The number of benzene rings is 2. The number of amides is 1. The molecular weight excluding hydrogens is 365 g/mol. The van der Waals surface area contributed by atoms with Gasteiger partial charge in [-0.15, -0.1) is 0 Å². The normalized spacial score (nSPS) is 19.3. The van der Waals surface area contributed by atoms with Crippen LogP contribution < -0.4 is 9.47 Å². The van der Waals surface area contributed by atoms with Crippen LogP contribution in [-0.4, -0.2) is 53.6 Å². The Kier molecular flexibility index (Phi) is 6.71. The molecule has 0 aromatic heterocycles. The molecule has 0 bridgehead atoms. The first kappa shape index (κ1) is 19.9. The van der Waals surface area contributed by atoms with E-state index in [1.165, 1.54) is 11.0 Å². The van der Waals surface area contributed by atoms with Crippen LogP contribution in [0.3, 0.4) is 0 Å². The highest BCUT2D eigenvalue weighted by molar-refractivity contribution is 5.65. The van der Waals surface area contributed by atoms with Crippen molar-refractivity contribution in [1.29, 1.82) is 0 Å². The molecule has 0 aliphatic carbocycles. The molecule has 6 nitrogen and oxygen atoms in total. The predicted molar refractivity (Wildman–Crippen MR) is 101 cm³/mol. The highest BCUT2D eigenvalue weighted by Gasteiger charge is 2.30. The summed E-state index contributed by atoms with van der Waals surface area (Å²) in [6, 6.07) is 13.8. The lowest BCUT2D eigenvalue weighted by Crippen LogP contribution is -2.45. The van der Waals surface area contributed by atoms with Gasteiger partial charge in [0.1, 0.15) is 5.75 Å². The smallest absolute Gasteiger partial charge is 0.407 e. The largest absolute Gasteiger partial charge is 0.493 e. The van der Waals surface area contributed by atoms with Crippen LogP contribution in [0.4, 0.5) is 9.18 Å². The van der Waals surface area contributed by atoms with Gasteiger partial charge in [0.25, 0.3) is 0 Å². The minimum absolute atomic E-state index is 0.0844. The first-order valence-electron chi connectivity index (χ1n) is 9.30. The Bertz CT molecular complexity index is 783. The summed E-state index contributed by atoms with van der Waals surface area (Å²) >= 11 is 0. The van der Waals surface area contributed by atoms with E-state index in [-0.39, 0.29) is 24.0 Å². The Morgan fingerprint density at radius 3 is 2.50 bits per heavy atom. The van der Waals surface area contributed by atoms with E-state index in [0.29, 0.717) is 38.3 Å². The SMILES string of the molecule is O=C(O)N1CCC(c2ccc(OCCCOc3ccccc3F)cc2)C(O)C1. The Hall–Kier alpha value is -2.80. The van der Waals surface area contributed by atoms with Gasteiger partial charge < -0.3 is 24.6 Å². The topological polar surface area (TPSA) is 79.2 Å². The maximum absolute atomic E-state index is 13.4. The number of carbonyl (C=O) groups is 1. The molecular formula is C21H24FNO5. The molecule has 2 N–H and O–H groups in total. The van der Waals surface area contributed by atoms with E-state index in [9.17, 15) is 14.3 Å². The second-order valence-corrected chi connectivity index (χ2v) is 6.74. The minimum Gasteiger partial charge on any atom is -0.493 e. The molecule has 28 heavy (non-hydrogen) atoms. The van der Waals surface area contributed by atoms with Gasteiger partial charge in [-0.05, 0) is 36.2 Å². The summed E-state index contributed by atoms with van der Waals surface area (Å²) in [5.41, 5.74) is 0.966. The third kappa shape index (κ3) is 5.13. The van der Waals surface area contributed by atoms with Crippen LogP contribution >= 0.6 is 0 Å². The molecule has 1 aliphatic heterocycles. The molecule has 150 valence electrons. The van der Waals surface area contributed by atoms with Crippen molar-refractivity contribution in [3.8, 4) is 11.5 Å². The zero-order valence-electron chi connectivity index (χ0n) is 15.5. The molecule has 2 aromatic rings. The number of aliphatic hydroxyl groups is 1. The zero-order valence-corrected chi connectivity index (χ0v) is 15.5. The summed E-state index contributed by atoms with van der Waals surface area (Å²) in [4.78, 5) is 12.2. The van der Waals surface area contributed by atoms with Gasteiger partial charge in [-0.2, -0.15) is 0 Å². The second-order valence-electron chi connectivity index (χ2n) is 6.74. The second kappa shape index (κ2) is 9.41. The van der Waals surface area contributed by atoms with E-state index < -0.39 is 12.2 Å². The van der Waals surface area contributed by atoms with Gasteiger partial charge in [0, 0.05) is 18.9 Å². The number of likely N-dealkylation sites (tertiary alicyclic amines) is 1. The number of halogens is 1. The highest BCUT2D eigenvalue weighted by Crippen LogP contribution is 2.29. The number of rotatable bonds is 7. The van der Waals surface area contributed by atoms with Crippen molar-refractivity contribution in [3.63, 3.8) is 0 Å². The lowest BCUT2D eigenvalue weighted by Gasteiger charge is -2.34. The fraction of sp³-hybridized carbons (Fsp3) is 0.381. The van der Waals surface area contributed by atoms with Crippen molar-refractivity contribution in [1.82, 2.24) is 4.90 Å². The Labute approximate surface area is 163 Å². The zero-order chi connectivity index (χ0) is 19.9. The number of aliphatic hydroxyl groups excluding tert-OH is 1. The number of piperidine rings is 1. The monoisotopic (exact) mass is 389 g/mol. The van der Waals surface area contributed by atoms with Gasteiger partial charge in [0.2, 0.25) is 0 Å². The van der Waals surface area contributed by atoms with Crippen LogP contribution in [0.5, 0.6) is 11.5 Å². The van der Waals surface area contributed by atoms with Crippen molar-refractivity contribution in [2.45, 2.75) is 24.9 Å². The molecule has 3 rings (SSSR count). The third-order valence-corrected chi connectivity index (χ3v) is 4.81. The molecule has 2 unspecified atom stereocenters. The number of nitrogens with zero attached hydrogens (tertiary/aromatic N) is 1. The van der Waals surface area contributed by atoms with Gasteiger partial charge >= 0.3 is 6.09 Å². The van der Waals surface area contributed by atoms with Crippen LogP contribution in [-0.2, 0) is 0 Å². The molecule has 7 heteroatoms. The van der Waals surface area contributed by atoms with Crippen LogP contribution in [0.15, 0.2) is 48.5 Å². The van der Waals surface area contributed by atoms with E-state index in [1.54, 1.807) is 18.2 Å². The lowest BCUT2D eigenvalue weighted by atomic mass is 9.87. The van der Waals surface area contributed by atoms with Crippen LogP contribution in [0.1, 0.15) is 24.3 Å². The summed E-state index contributed by atoms with van der Waals surface area (Å²) in [5.74, 6) is 0.473. The van der Waals surface area contributed by atoms with E-state index in [1.807, 2.05) is 24.3 Å². The molecule has 1 saturated heterocycles. The molecule has 1 amide bonds. The van der Waals surface area contributed by atoms with E-state index in [2.05, 4.69) is 0 Å². The van der Waals surface area contributed by atoms with Gasteiger partial charge in [0.15, 0.2) is 11.6 Å². The predicted octanol–water partition coefficient (Wildman–Crippen LogP) is 3.50. The number of carboxylic acid groups (broad SMARTS) is 1. The Morgan fingerprint density at radius 2 is 1.82 bits per heavy atom. The van der Waals surface area contributed by atoms with Gasteiger partial charge in [0.05, 0.1) is 25.9 Å². The molecule has 1 aliphatic rings.